The SMILES string of the molecule is C=CCc1cc(/C=C(\C#N)c2ccc([N+](=O)[O-])cc2)cc(OC)c1OCc1ccc(F)cc1. The van der Waals surface area contributed by atoms with E-state index < -0.39 is 4.92 Å². The largest absolute Gasteiger partial charge is 0.493 e. The van der Waals surface area contributed by atoms with Crippen LogP contribution in [-0.4, -0.2) is 12.0 Å². The predicted molar refractivity (Wildman–Crippen MR) is 124 cm³/mol. The topological polar surface area (TPSA) is 85.4 Å². The van der Waals surface area contributed by atoms with Crippen molar-refractivity contribution < 1.29 is 18.8 Å². The Morgan fingerprint density at radius 2 is 1.88 bits per heavy atom. The fraction of sp³-hybridized carbons (Fsp3) is 0.115. The summed E-state index contributed by atoms with van der Waals surface area (Å²) < 4.78 is 24.7. The molecule has 0 saturated carbocycles. The molecule has 3 aromatic carbocycles. The van der Waals surface area contributed by atoms with Crippen LogP contribution in [0.4, 0.5) is 10.1 Å². The lowest BCUT2D eigenvalue weighted by atomic mass is 10.0. The second-order valence-electron chi connectivity index (χ2n) is 7.09. The third-order valence-corrected chi connectivity index (χ3v) is 4.86. The molecule has 7 heteroatoms. The molecule has 0 unspecified atom stereocenters. The number of nitro benzene ring substituents is 1. The van der Waals surface area contributed by atoms with Crippen molar-refractivity contribution in [1.82, 2.24) is 0 Å². The Kier molecular flexibility index (Phi) is 7.55. The number of non-ortho nitro benzene ring substituents is 1. The van der Waals surface area contributed by atoms with Crippen molar-refractivity contribution in [3.8, 4) is 17.6 Å². The molecule has 0 aliphatic rings. The maximum absolute atomic E-state index is 13.2. The van der Waals surface area contributed by atoms with Crippen molar-refractivity contribution in [1.29, 1.82) is 5.26 Å². The van der Waals surface area contributed by atoms with Crippen LogP contribution in [0.1, 0.15) is 22.3 Å². The van der Waals surface area contributed by atoms with Gasteiger partial charge in [-0.15, -0.1) is 6.58 Å². The highest BCUT2D eigenvalue weighted by molar-refractivity contribution is 5.90. The summed E-state index contributed by atoms with van der Waals surface area (Å²) in [4.78, 5) is 10.4. The minimum absolute atomic E-state index is 0.0476. The number of nitrogens with zero attached hydrogens (tertiary/aromatic N) is 2. The lowest BCUT2D eigenvalue weighted by Crippen LogP contribution is -2.02. The van der Waals surface area contributed by atoms with E-state index in [9.17, 15) is 19.8 Å². The first-order valence-corrected chi connectivity index (χ1v) is 10.0. The molecule has 0 N–H and O–H groups in total. The van der Waals surface area contributed by atoms with E-state index in [4.69, 9.17) is 9.47 Å². The molecule has 0 saturated heterocycles. The second kappa shape index (κ2) is 10.7. The van der Waals surface area contributed by atoms with Gasteiger partial charge < -0.3 is 9.47 Å². The first-order valence-electron chi connectivity index (χ1n) is 10.0. The van der Waals surface area contributed by atoms with Gasteiger partial charge in [0.2, 0.25) is 0 Å². The number of ether oxygens (including phenoxy) is 2. The zero-order valence-corrected chi connectivity index (χ0v) is 18.0. The van der Waals surface area contributed by atoms with Crippen LogP contribution >= 0.6 is 0 Å². The number of hydrogen-bond acceptors (Lipinski definition) is 5. The number of rotatable bonds is 9. The summed E-state index contributed by atoms with van der Waals surface area (Å²) in [6.07, 6.45) is 3.91. The Hall–Kier alpha value is -4.44. The highest BCUT2D eigenvalue weighted by Gasteiger charge is 2.14. The quantitative estimate of drug-likeness (QED) is 0.131. The standard InChI is InChI=1S/C26H21FN2O4/c1-3-4-21-13-19(14-22(16-28)20-7-11-24(12-8-20)29(30)31)15-25(32-2)26(21)33-17-18-5-9-23(27)10-6-18/h3,5-15H,1,4,17H2,2H3/b22-14+. The molecule has 0 fully saturated rings. The minimum Gasteiger partial charge on any atom is -0.493 e. The molecule has 0 atom stereocenters. The number of allylic oxidation sites excluding steroid dienone is 2. The summed E-state index contributed by atoms with van der Waals surface area (Å²) >= 11 is 0. The third-order valence-electron chi connectivity index (χ3n) is 4.86. The molecule has 0 radical (unpaired) electrons. The molecule has 33 heavy (non-hydrogen) atoms. The molecule has 0 amide bonds. The summed E-state index contributed by atoms with van der Waals surface area (Å²) in [5, 5.41) is 20.5. The molecular weight excluding hydrogens is 423 g/mol. The monoisotopic (exact) mass is 444 g/mol. The zero-order chi connectivity index (χ0) is 23.8. The number of nitro groups is 1. The van der Waals surface area contributed by atoms with Crippen molar-refractivity contribution in [2.75, 3.05) is 7.11 Å². The lowest BCUT2D eigenvalue weighted by Gasteiger charge is -2.16. The lowest BCUT2D eigenvalue weighted by molar-refractivity contribution is -0.384. The van der Waals surface area contributed by atoms with Crippen LogP contribution in [0.2, 0.25) is 0 Å². The van der Waals surface area contributed by atoms with Crippen molar-refractivity contribution in [2.24, 2.45) is 0 Å². The smallest absolute Gasteiger partial charge is 0.269 e. The van der Waals surface area contributed by atoms with E-state index in [1.807, 2.05) is 6.07 Å². The van der Waals surface area contributed by atoms with E-state index in [1.165, 1.54) is 43.5 Å². The Morgan fingerprint density at radius 3 is 2.45 bits per heavy atom. The van der Waals surface area contributed by atoms with Gasteiger partial charge in [-0.3, -0.25) is 10.1 Å². The number of halogens is 1. The van der Waals surface area contributed by atoms with Crippen LogP contribution in [0.5, 0.6) is 11.5 Å². The average Bonchev–Trinajstić information content (AvgIpc) is 2.82. The molecule has 0 aromatic heterocycles. The fourth-order valence-electron chi connectivity index (χ4n) is 3.24. The normalized spacial score (nSPS) is 10.9. The number of methoxy groups -OCH3 is 1. The molecule has 166 valence electrons. The fourth-order valence-corrected chi connectivity index (χ4v) is 3.24. The van der Waals surface area contributed by atoms with Gasteiger partial charge in [0.15, 0.2) is 11.5 Å². The molecular formula is C26H21FN2O4. The van der Waals surface area contributed by atoms with E-state index in [-0.39, 0.29) is 18.1 Å². The van der Waals surface area contributed by atoms with Gasteiger partial charge in [0.25, 0.3) is 5.69 Å². The zero-order valence-electron chi connectivity index (χ0n) is 18.0. The van der Waals surface area contributed by atoms with Crippen molar-refractivity contribution in [3.63, 3.8) is 0 Å². The van der Waals surface area contributed by atoms with Crippen molar-refractivity contribution in [2.45, 2.75) is 13.0 Å². The molecule has 0 aliphatic carbocycles. The summed E-state index contributed by atoms with van der Waals surface area (Å²) in [6.45, 7) is 4.02. The molecule has 3 rings (SSSR count). The highest BCUT2D eigenvalue weighted by Crippen LogP contribution is 2.35. The Morgan fingerprint density at radius 1 is 1.18 bits per heavy atom. The molecule has 0 heterocycles. The average molecular weight is 444 g/mol. The predicted octanol–water partition coefficient (Wildman–Crippen LogP) is 6.11. The van der Waals surface area contributed by atoms with E-state index in [2.05, 4.69) is 12.6 Å². The van der Waals surface area contributed by atoms with Crippen LogP contribution in [-0.2, 0) is 13.0 Å². The van der Waals surface area contributed by atoms with E-state index in [1.54, 1.807) is 30.4 Å². The number of benzene rings is 3. The summed E-state index contributed by atoms with van der Waals surface area (Å²) in [5.74, 6) is 0.692. The van der Waals surface area contributed by atoms with Crippen molar-refractivity contribution >= 4 is 17.3 Å². The maximum atomic E-state index is 13.2. The van der Waals surface area contributed by atoms with Gasteiger partial charge in [0, 0.05) is 17.7 Å². The molecule has 0 aliphatic heterocycles. The molecule has 0 spiro atoms. The summed E-state index contributed by atoms with van der Waals surface area (Å²) in [5.41, 5.74) is 3.16. The molecule has 6 nitrogen and oxygen atoms in total. The van der Waals surface area contributed by atoms with E-state index in [0.29, 0.717) is 34.6 Å². The van der Waals surface area contributed by atoms with Crippen LogP contribution in [0.25, 0.3) is 11.6 Å². The Labute approximate surface area is 191 Å². The maximum Gasteiger partial charge on any atom is 0.269 e. The minimum atomic E-state index is -0.489. The second-order valence-corrected chi connectivity index (χ2v) is 7.09. The van der Waals surface area contributed by atoms with Crippen LogP contribution in [0, 0.1) is 27.3 Å². The first-order chi connectivity index (χ1) is 15.9. The Balaban J connectivity index is 1.95. The summed E-state index contributed by atoms with van der Waals surface area (Å²) in [6, 6.07) is 17.6. The van der Waals surface area contributed by atoms with Crippen LogP contribution in [0.3, 0.4) is 0 Å². The van der Waals surface area contributed by atoms with Gasteiger partial charge in [-0.25, -0.2) is 4.39 Å². The number of nitriles is 1. The van der Waals surface area contributed by atoms with Gasteiger partial charge in [-0.05, 0) is 65.6 Å². The summed E-state index contributed by atoms with van der Waals surface area (Å²) in [7, 11) is 1.52. The van der Waals surface area contributed by atoms with Gasteiger partial charge >= 0.3 is 0 Å². The highest BCUT2D eigenvalue weighted by atomic mass is 19.1. The molecule has 3 aromatic rings. The van der Waals surface area contributed by atoms with Gasteiger partial charge in [-0.1, -0.05) is 18.2 Å². The molecule has 0 bridgehead atoms. The van der Waals surface area contributed by atoms with Gasteiger partial charge in [0.1, 0.15) is 12.4 Å². The van der Waals surface area contributed by atoms with Gasteiger partial charge in [0.05, 0.1) is 23.7 Å². The van der Waals surface area contributed by atoms with E-state index >= 15 is 0 Å². The van der Waals surface area contributed by atoms with Crippen LogP contribution < -0.4 is 9.47 Å². The van der Waals surface area contributed by atoms with Gasteiger partial charge in [-0.2, -0.15) is 5.26 Å². The van der Waals surface area contributed by atoms with Crippen LogP contribution in [0.15, 0.2) is 73.3 Å². The third kappa shape index (κ3) is 5.83. The van der Waals surface area contributed by atoms with Crippen molar-refractivity contribution in [3.05, 3.63) is 112 Å². The Bertz CT molecular complexity index is 1230. The first kappa shape index (κ1) is 23.2. The van der Waals surface area contributed by atoms with E-state index in [0.717, 1.165) is 11.1 Å². The number of hydrogen-bond donors (Lipinski definition) is 0.